The Hall–Kier alpha value is -2.41. The summed E-state index contributed by atoms with van der Waals surface area (Å²) in [5, 5.41) is 50.8. The summed E-state index contributed by atoms with van der Waals surface area (Å²) in [7, 11) is 0. The Kier molecular flexibility index (Phi) is 11.2. The first-order chi connectivity index (χ1) is 18.2. The fourth-order valence-electron chi connectivity index (χ4n) is 4.40. The van der Waals surface area contributed by atoms with Gasteiger partial charge < -0.3 is 48.9 Å². The quantitative estimate of drug-likeness (QED) is 0.174. The van der Waals surface area contributed by atoms with E-state index in [9.17, 15) is 30.3 Å². The van der Waals surface area contributed by atoms with Crippen LogP contribution in [-0.2, 0) is 27.1 Å². The van der Waals surface area contributed by atoms with Crippen molar-refractivity contribution in [1.82, 2.24) is 0 Å². The first-order valence-corrected chi connectivity index (χ1v) is 13.1. The number of ether oxygens (including phenoxy) is 4. The average Bonchev–Trinajstić information content (AvgIpc) is 3.28. The lowest BCUT2D eigenvalue weighted by atomic mass is 9.99. The molecule has 0 amide bonds. The SMILES string of the molecule is CCOC(=O)CCc1cc2c(CCO)coc2c(OCCCC(C)C)c1O[C@@H]1O[C@H](CO)[C@@H](O)[C@H](O)[C@H]1O. The van der Waals surface area contributed by atoms with Crippen molar-refractivity contribution in [1.29, 1.82) is 0 Å². The molecule has 0 bridgehead atoms. The van der Waals surface area contributed by atoms with Crippen LogP contribution in [0.2, 0.25) is 0 Å². The van der Waals surface area contributed by atoms with Gasteiger partial charge in [-0.25, -0.2) is 0 Å². The highest BCUT2D eigenvalue weighted by Gasteiger charge is 2.45. The number of esters is 1. The smallest absolute Gasteiger partial charge is 0.306 e. The number of aliphatic hydroxyl groups excluding tert-OH is 5. The summed E-state index contributed by atoms with van der Waals surface area (Å²) < 4.78 is 28.7. The molecule has 1 fully saturated rings. The van der Waals surface area contributed by atoms with E-state index in [1.165, 1.54) is 6.26 Å². The number of carbonyl (C=O) groups excluding carboxylic acids is 1. The van der Waals surface area contributed by atoms with Crippen LogP contribution in [0.15, 0.2) is 16.7 Å². The molecule has 0 unspecified atom stereocenters. The Bertz CT molecular complexity index is 1030. The summed E-state index contributed by atoms with van der Waals surface area (Å²) >= 11 is 0. The molecule has 3 rings (SSSR count). The molecule has 1 saturated heterocycles. The van der Waals surface area contributed by atoms with Gasteiger partial charge in [0.25, 0.3) is 0 Å². The third kappa shape index (κ3) is 7.16. The normalized spacial score (nSPS) is 23.7. The van der Waals surface area contributed by atoms with E-state index in [-0.39, 0.29) is 37.6 Å². The number of aryl methyl sites for hydroxylation is 1. The molecule has 0 radical (unpaired) electrons. The predicted molar refractivity (Wildman–Crippen MR) is 136 cm³/mol. The topological polar surface area (TPSA) is 168 Å². The van der Waals surface area contributed by atoms with Crippen LogP contribution >= 0.6 is 0 Å². The fraction of sp³-hybridized carbons (Fsp3) is 0.667. The fourth-order valence-corrected chi connectivity index (χ4v) is 4.40. The van der Waals surface area contributed by atoms with E-state index in [1.807, 2.05) is 0 Å². The van der Waals surface area contributed by atoms with Gasteiger partial charge in [0.15, 0.2) is 11.3 Å². The Morgan fingerprint density at radius 3 is 2.47 bits per heavy atom. The van der Waals surface area contributed by atoms with Gasteiger partial charge in [0.1, 0.15) is 24.4 Å². The molecule has 0 saturated carbocycles. The number of fused-ring (bicyclic) bond motifs is 1. The van der Waals surface area contributed by atoms with E-state index in [0.29, 0.717) is 35.5 Å². The maximum absolute atomic E-state index is 12.2. The van der Waals surface area contributed by atoms with Gasteiger partial charge >= 0.3 is 5.97 Å². The molecule has 0 aliphatic carbocycles. The van der Waals surface area contributed by atoms with Crippen molar-refractivity contribution in [2.45, 2.75) is 83.6 Å². The number of rotatable bonds is 14. The minimum atomic E-state index is -1.64. The van der Waals surface area contributed by atoms with Crippen LogP contribution in [-0.4, -0.2) is 88.6 Å². The van der Waals surface area contributed by atoms with Gasteiger partial charge in [-0.1, -0.05) is 13.8 Å². The molecule has 5 N–H and O–H groups in total. The molecule has 5 atom stereocenters. The average molecular weight is 541 g/mol. The van der Waals surface area contributed by atoms with Gasteiger partial charge in [-0.3, -0.25) is 4.79 Å². The Balaban J connectivity index is 2.06. The lowest BCUT2D eigenvalue weighted by molar-refractivity contribution is -0.277. The third-order valence-electron chi connectivity index (χ3n) is 6.47. The zero-order valence-corrected chi connectivity index (χ0v) is 22.2. The number of hydrogen-bond donors (Lipinski definition) is 5. The summed E-state index contributed by atoms with van der Waals surface area (Å²) in [6, 6.07) is 1.77. The molecule has 1 aromatic heterocycles. The second kappa shape index (κ2) is 14.1. The Labute approximate surface area is 221 Å². The summed E-state index contributed by atoms with van der Waals surface area (Å²) in [4.78, 5) is 12.2. The minimum Gasteiger partial charge on any atom is -0.486 e. The van der Waals surface area contributed by atoms with Crippen LogP contribution in [0, 0.1) is 5.92 Å². The van der Waals surface area contributed by atoms with Gasteiger partial charge in [0.05, 0.1) is 26.1 Å². The van der Waals surface area contributed by atoms with Crippen molar-refractivity contribution in [2.75, 3.05) is 26.4 Å². The molecule has 1 aliphatic rings. The molecule has 1 aromatic carbocycles. The lowest BCUT2D eigenvalue weighted by Crippen LogP contribution is -2.60. The second-order valence-corrected chi connectivity index (χ2v) is 9.81. The molecular formula is C27H40O11. The van der Waals surface area contributed by atoms with Crippen LogP contribution in [0.25, 0.3) is 11.0 Å². The zero-order chi connectivity index (χ0) is 27.8. The van der Waals surface area contributed by atoms with Crippen molar-refractivity contribution < 1.29 is 53.7 Å². The van der Waals surface area contributed by atoms with Crippen LogP contribution in [0.3, 0.4) is 0 Å². The van der Waals surface area contributed by atoms with Crippen LogP contribution < -0.4 is 9.47 Å². The monoisotopic (exact) mass is 540 g/mol. The van der Waals surface area contributed by atoms with Crippen LogP contribution in [0.1, 0.15) is 51.2 Å². The van der Waals surface area contributed by atoms with E-state index in [1.54, 1.807) is 13.0 Å². The van der Waals surface area contributed by atoms with Gasteiger partial charge in [-0.2, -0.15) is 0 Å². The van der Waals surface area contributed by atoms with E-state index in [4.69, 9.17) is 23.4 Å². The largest absolute Gasteiger partial charge is 0.486 e. The number of carbonyl (C=O) groups is 1. The lowest BCUT2D eigenvalue weighted by Gasteiger charge is -2.39. The van der Waals surface area contributed by atoms with Gasteiger partial charge in [0, 0.05) is 24.0 Å². The second-order valence-electron chi connectivity index (χ2n) is 9.81. The predicted octanol–water partition coefficient (Wildman–Crippen LogP) is 1.46. The van der Waals surface area contributed by atoms with E-state index in [0.717, 1.165) is 18.4 Å². The highest BCUT2D eigenvalue weighted by atomic mass is 16.7. The van der Waals surface area contributed by atoms with E-state index >= 15 is 0 Å². The molecule has 11 heteroatoms. The van der Waals surface area contributed by atoms with Crippen LogP contribution in [0.5, 0.6) is 11.5 Å². The number of furan rings is 1. The summed E-state index contributed by atoms with van der Waals surface area (Å²) in [5.41, 5.74) is 1.63. The van der Waals surface area contributed by atoms with Gasteiger partial charge in [-0.05, 0) is 50.2 Å². The number of aliphatic hydroxyl groups is 5. The molecule has 2 heterocycles. The Morgan fingerprint density at radius 2 is 1.82 bits per heavy atom. The highest BCUT2D eigenvalue weighted by Crippen LogP contribution is 2.43. The molecule has 214 valence electrons. The maximum atomic E-state index is 12.2. The number of hydrogen-bond acceptors (Lipinski definition) is 11. The number of benzene rings is 1. The van der Waals surface area contributed by atoms with E-state index < -0.39 is 43.3 Å². The standard InChI is InChI=1S/C27H40O11/c1-4-34-20(30)8-7-16-12-18-17(9-10-28)14-36-25(18)26(35-11-5-6-15(2)3)24(16)38-27-23(33)22(32)21(31)19(13-29)37-27/h12,14-15,19,21-23,27-29,31-33H,4-11,13H2,1-3H3/t19-,21-,22+,23-,27+/m1/s1. The Morgan fingerprint density at radius 1 is 1.05 bits per heavy atom. The van der Waals surface area contributed by atoms with Crippen molar-refractivity contribution >= 4 is 16.9 Å². The molecule has 0 spiro atoms. The zero-order valence-electron chi connectivity index (χ0n) is 22.2. The van der Waals surface area contributed by atoms with Gasteiger partial charge in [-0.15, -0.1) is 0 Å². The molecule has 38 heavy (non-hydrogen) atoms. The highest BCUT2D eigenvalue weighted by molar-refractivity contribution is 5.90. The molecule has 11 nitrogen and oxygen atoms in total. The third-order valence-corrected chi connectivity index (χ3v) is 6.47. The maximum Gasteiger partial charge on any atom is 0.306 e. The molecule has 1 aliphatic heterocycles. The summed E-state index contributed by atoms with van der Waals surface area (Å²) in [6.45, 7) is 5.79. The first-order valence-electron chi connectivity index (χ1n) is 13.1. The van der Waals surface area contributed by atoms with Gasteiger partial charge in [0.2, 0.25) is 12.0 Å². The van der Waals surface area contributed by atoms with Crippen molar-refractivity contribution in [2.24, 2.45) is 5.92 Å². The summed E-state index contributed by atoms with van der Waals surface area (Å²) in [5.74, 6) is 0.430. The van der Waals surface area contributed by atoms with Crippen molar-refractivity contribution in [3.63, 3.8) is 0 Å². The van der Waals surface area contributed by atoms with Crippen molar-refractivity contribution in [3.05, 3.63) is 23.5 Å². The van der Waals surface area contributed by atoms with Crippen LogP contribution in [0.4, 0.5) is 0 Å². The summed E-state index contributed by atoms with van der Waals surface area (Å²) in [6.07, 6.45) is -3.70. The minimum absolute atomic E-state index is 0.0321. The molecular weight excluding hydrogens is 500 g/mol. The van der Waals surface area contributed by atoms with E-state index in [2.05, 4.69) is 13.8 Å². The first kappa shape index (κ1) is 30.1. The van der Waals surface area contributed by atoms with Crippen molar-refractivity contribution in [3.8, 4) is 11.5 Å². The molecule has 2 aromatic rings.